The normalized spacial score (nSPS) is 10.4. The first kappa shape index (κ1) is 11.5. The van der Waals surface area contributed by atoms with E-state index in [1.807, 2.05) is 6.92 Å². The number of pyridine rings is 1. The molecule has 1 heterocycles. The maximum Gasteiger partial charge on any atom is 0.168 e. The third kappa shape index (κ3) is 2.11. The first-order valence-electron chi connectivity index (χ1n) is 5.08. The van der Waals surface area contributed by atoms with Gasteiger partial charge in [-0.3, -0.25) is 4.98 Å². The van der Waals surface area contributed by atoms with Crippen LogP contribution in [0.25, 0.3) is 11.3 Å². The molecule has 2 nitrogen and oxygen atoms in total. The van der Waals surface area contributed by atoms with Gasteiger partial charge in [-0.1, -0.05) is 6.07 Å². The van der Waals surface area contributed by atoms with Gasteiger partial charge in [-0.05, 0) is 30.7 Å². The summed E-state index contributed by atoms with van der Waals surface area (Å²) in [6.45, 7) is 1.85. The molecule has 4 heteroatoms. The van der Waals surface area contributed by atoms with Gasteiger partial charge in [-0.15, -0.1) is 0 Å². The summed E-state index contributed by atoms with van der Waals surface area (Å²) in [5, 5.41) is 0. The molecule has 17 heavy (non-hydrogen) atoms. The largest absolute Gasteiger partial charge is 0.494 e. The van der Waals surface area contributed by atoms with Gasteiger partial charge in [0.1, 0.15) is 11.4 Å². The van der Waals surface area contributed by atoms with Crippen molar-refractivity contribution in [1.29, 1.82) is 0 Å². The Morgan fingerprint density at radius 3 is 2.71 bits per heavy atom. The fraction of sp³-hybridized carbons (Fsp3) is 0.154. The number of aryl methyl sites for hydroxylation is 1. The molecule has 2 aromatic rings. The number of benzene rings is 1. The van der Waals surface area contributed by atoms with Crippen LogP contribution in [0.2, 0.25) is 0 Å². The monoisotopic (exact) mass is 235 g/mol. The number of hydrogen-bond donors (Lipinski definition) is 0. The third-order valence-electron chi connectivity index (χ3n) is 2.42. The maximum atomic E-state index is 13.6. The average Bonchev–Trinajstić information content (AvgIpc) is 2.33. The second-order valence-corrected chi connectivity index (χ2v) is 3.66. The van der Waals surface area contributed by atoms with E-state index >= 15 is 0 Å². The first-order chi connectivity index (χ1) is 8.13. The summed E-state index contributed by atoms with van der Waals surface area (Å²) in [6.07, 6.45) is 1.59. The summed E-state index contributed by atoms with van der Waals surface area (Å²) in [4.78, 5) is 4.09. The van der Waals surface area contributed by atoms with Gasteiger partial charge < -0.3 is 4.74 Å². The molecule has 0 aliphatic rings. The molecular weight excluding hydrogens is 224 g/mol. The summed E-state index contributed by atoms with van der Waals surface area (Å²) in [7, 11) is 1.47. The second-order valence-electron chi connectivity index (χ2n) is 3.66. The molecule has 0 aliphatic carbocycles. The Morgan fingerprint density at radius 1 is 1.24 bits per heavy atom. The lowest BCUT2D eigenvalue weighted by molar-refractivity contribution is 0.414. The van der Waals surface area contributed by atoms with Gasteiger partial charge in [-0.2, -0.15) is 0 Å². The van der Waals surface area contributed by atoms with Crippen LogP contribution in [0.5, 0.6) is 5.75 Å². The predicted octanol–water partition coefficient (Wildman–Crippen LogP) is 3.34. The van der Waals surface area contributed by atoms with Crippen LogP contribution in [0.15, 0.2) is 30.5 Å². The molecule has 2 rings (SSSR count). The van der Waals surface area contributed by atoms with Crippen molar-refractivity contribution in [2.24, 2.45) is 0 Å². The van der Waals surface area contributed by atoms with Crippen LogP contribution in [0, 0.1) is 18.6 Å². The van der Waals surface area contributed by atoms with Crippen molar-refractivity contribution in [3.05, 3.63) is 47.7 Å². The molecule has 0 atom stereocenters. The minimum atomic E-state index is -0.915. The fourth-order valence-electron chi connectivity index (χ4n) is 1.59. The highest BCUT2D eigenvalue weighted by Crippen LogP contribution is 2.30. The lowest BCUT2D eigenvalue weighted by Crippen LogP contribution is -1.96. The zero-order valence-corrected chi connectivity index (χ0v) is 9.50. The lowest BCUT2D eigenvalue weighted by Gasteiger charge is -2.09. The Morgan fingerprint density at radius 2 is 2.00 bits per heavy atom. The third-order valence-corrected chi connectivity index (χ3v) is 2.42. The van der Waals surface area contributed by atoms with E-state index in [1.54, 1.807) is 12.3 Å². The Hall–Kier alpha value is -1.97. The second kappa shape index (κ2) is 4.49. The van der Waals surface area contributed by atoms with Gasteiger partial charge in [0.2, 0.25) is 0 Å². The standard InChI is InChI=1S/C13H11F2NO/c1-8-6-11(17-2)13(16-7-8)9-4-3-5-10(14)12(9)15/h3-7H,1-2H3. The van der Waals surface area contributed by atoms with Crippen LogP contribution in [0.4, 0.5) is 8.78 Å². The van der Waals surface area contributed by atoms with Crippen molar-refractivity contribution in [2.75, 3.05) is 7.11 Å². The minimum Gasteiger partial charge on any atom is -0.494 e. The number of halogens is 2. The SMILES string of the molecule is COc1cc(C)cnc1-c1cccc(F)c1F. The molecule has 0 amide bonds. The van der Waals surface area contributed by atoms with Gasteiger partial charge in [-0.25, -0.2) is 8.78 Å². The molecule has 0 saturated carbocycles. The number of hydrogen-bond acceptors (Lipinski definition) is 2. The number of nitrogens with zero attached hydrogens (tertiary/aromatic N) is 1. The van der Waals surface area contributed by atoms with Crippen LogP contribution in [0.1, 0.15) is 5.56 Å². The molecule has 0 radical (unpaired) electrons. The maximum absolute atomic E-state index is 13.6. The smallest absolute Gasteiger partial charge is 0.168 e. The topological polar surface area (TPSA) is 22.1 Å². The van der Waals surface area contributed by atoms with Crippen LogP contribution in [-0.4, -0.2) is 12.1 Å². The predicted molar refractivity (Wildman–Crippen MR) is 60.9 cm³/mol. The average molecular weight is 235 g/mol. The van der Waals surface area contributed by atoms with Gasteiger partial charge in [0, 0.05) is 11.8 Å². The van der Waals surface area contributed by atoms with Crippen molar-refractivity contribution in [1.82, 2.24) is 4.98 Å². The highest BCUT2D eigenvalue weighted by molar-refractivity contribution is 5.67. The first-order valence-corrected chi connectivity index (χ1v) is 5.08. The van der Waals surface area contributed by atoms with E-state index in [0.717, 1.165) is 11.6 Å². The lowest BCUT2D eigenvalue weighted by atomic mass is 10.1. The Balaban J connectivity index is 2.64. The number of ether oxygens (including phenoxy) is 1. The molecule has 88 valence electrons. The van der Waals surface area contributed by atoms with E-state index in [1.165, 1.54) is 19.2 Å². The van der Waals surface area contributed by atoms with E-state index in [-0.39, 0.29) is 5.56 Å². The van der Waals surface area contributed by atoms with Crippen LogP contribution in [0.3, 0.4) is 0 Å². The molecule has 0 saturated heterocycles. The Bertz CT molecular complexity index is 555. The Kier molecular flexibility index (Phi) is 3.04. The van der Waals surface area contributed by atoms with E-state index in [9.17, 15) is 8.78 Å². The molecule has 0 unspecified atom stereocenters. The van der Waals surface area contributed by atoms with E-state index in [0.29, 0.717) is 11.4 Å². The molecule has 1 aromatic carbocycles. The number of aromatic nitrogens is 1. The van der Waals surface area contributed by atoms with Gasteiger partial charge >= 0.3 is 0 Å². The highest BCUT2D eigenvalue weighted by atomic mass is 19.2. The summed E-state index contributed by atoms with van der Waals surface area (Å²) in [6, 6.07) is 5.71. The summed E-state index contributed by atoms with van der Waals surface area (Å²) in [5.41, 5.74) is 1.29. The molecule has 0 N–H and O–H groups in total. The molecule has 0 spiro atoms. The van der Waals surface area contributed by atoms with Gasteiger partial charge in [0.15, 0.2) is 11.6 Å². The molecule has 0 bridgehead atoms. The van der Waals surface area contributed by atoms with Crippen molar-refractivity contribution in [3.8, 4) is 17.0 Å². The van der Waals surface area contributed by atoms with Crippen LogP contribution < -0.4 is 4.74 Å². The van der Waals surface area contributed by atoms with Gasteiger partial charge in [0.05, 0.1) is 7.11 Å². The van der Waals surface area contributed by atoms with E-state index < -0.39 is 11.6 Å². The van der Waals surface area contributed by atoms with Crippen molar-refractivity contribution in [3.63, 3.8) is 0 Å². The summed E-state index contributed by atoms with van der Waals surface area (Å²) in [5.74, 6) is -1.39. The molecule has 0 fully saturated rings. The number of methoxy groups -OCH3 is 1. The molecule has 0 aliphatic heterocycles. The summed E-state index contributed by atoms with van der Waals surface area (Å²) >= 11 is 0. The summed E-state index contributed by atoms with van der Waals surface area (Å²) < 4.78 is 31.9. The quantitative estimate of drug-likeness (QED) is 0.796. The van der Waals surface area contributed by atoms with Crippen LogP contribution >= 0.6 is 0 Å². The molecule has 1 aromatic heterocycles. The zero-order chi connectivity index (χ0) is 12.4. The molecular formula is C13H11F2NO. The zero-order valence-electron chi connectivity index (χ0n) is 9.50. The fourth-order valence-corrected chi connectivity index (χ4v) is 1.59. The van der Waals surface area contributed by atoms with Gasteiger partial charge in [0.25, 0.3) is 0 Å². The minimum absolute atomic E-state index is 0.0989. The van der Waals surface area contributed by atoms with Crippen molar-refractivity contribution in [2.45, 2.75) is 6.92 Å². The van der Waals surface area contributed by atoms with Crippen molar-refractivity contribution < 1.29 is 13.5 Å². The van der Waals surface area contributed by atoms with E-state index in [4.69, 9.17) is 4.74 Å². The number of rotatable bonds is 2. The van der Waals surface area contributed by atoms with E-state index in [2.05, 4.69) is 4.98 Å². The van der Waals surface area contributed by atoms with Crippen molar-refractivity contribution >= 4 is 0 Å². The Labute approximate surface area is 97.9 Å². The highest BCUT2D eigenvalue weighted by Gasteiger charge is 2.15. The van der Waals surface area contributed by atoms with Crippen LogP contribution in [-0.2, 0) is 0 Å².